The Kier molecular flexibility index (Phi) is 11.6. The van der Waals surface area contributed by atoms with Crippen LogP contribution in [0.25, 0.3) is 0 Å². The Labute approximate surface area is 390 Å². The lowest BCUT2D eigenvalue weighted by atomic mass is 9.82. The van der Waals surface area contributed by atoms with Gasteiger partial charge in [0.15, 0.2) is 5.60 Å². The maximum Gasteiger partial charge on any atom is 0.264 e. The van der Waals surface area contributed by atoms with E-state index in [-0.39, 0.29) is 43.7 Å². The van der Waals surface area contributed by atoms with Gasteiger partial charge in [0.25, 0.3) is 5.91 Å². The molecule has 5 aliphatic rings. The fourth-order valence-electron chi connectivity index (χ4n) is 11.0. The third kappa shape index (κ3) is 8.00. The summed E-state index contributed by atoms with van der Waals surface area (Å²) >= 11 is 0. The van der Waals surface area contributed by atoms with Gasteiger partial charge < -0.3 is 23.8 Å². The molecule has 0 saturated carbocycles. The molecule has 12 nitrogen and oxygen atoms in total. The van der Waals surface area contributed by atoms with Crippen molar-refractivity contribution >= 4 is 60.5 Å². The molecule has 0 bridgehead atoms. The molecule has 5 aromatic rings. The Hall–Kier alpha value is -6.61. The van der Waals surface area contributed by atoms with E-state index >= 15 is 8.90 Å². The zero-order valence-electron chi connectivity index (χ0n) is 37.8. The summed E-state index contributed by atoms with van der Waals surface area (Å²) in [6.07, 6.45) is 0.902. The van der Waals surface area contributed by atoms with Crippen LogP contribution in [0.4, 0.5) is 21.2 Å². The molecule has 0 aromatic heterocycles. The highest BCUT2D eigenvalue weighted by atomic mass is 28.4. The fraction of sp³-hybridized carbons (Fsp3) is 0.321. The minimum absolute atomic E-state index is 0.116. The number of rotatable bonds is 10. The molecular weight excluding hydrogens is 864 g/mol. The van der Waals surface area contributed by atoms with Gasteiger partial charge in [-0.05, 0) is 77.7 Å². The van der Waals surface area contributed by atoms with Crippen molar-refractivity contribution in [3.8, 4) is 0 Å². The van der Waals surface area contributed by atoms with Crippen molar-refractivity contribution in [3.63, 3.8) is 0 Å². The number of fused-ring (bicyclic) bond motifs is 3. The van der Waals surface area contributed by atoms with Gasteiger partial charge in [-0.1, -0.05) is 104 Å². The number of aliphatic hydroxyl groups is 1. The molecule has 342 valence electrons. The Morgan fingerprint density at radius 3 is 1.93 bits per heavy atom. The van der Waals surface area contributed by atoms with Gasteiger partial charge in [-0.2, -0.15) is 10.2 Å². The number of anilines is 3. The van der Waals surface area contributed by atoms with E-state index in [1.165, 1.54) is 10.0 Å². The summed E-state index contributed by atoms with van der Waals surface area (Å²) in [6, 6.07) is 39.6. The lowest BCUT2D eigenvalue weighted by Gasteiger charge is -2.37. The lowest BCUT2D eigenvalue weighted by molar-refractivity contribution is -0.151. The standard InChI is InChI=1S/C53H53FN6O6Si/c1-34-51(67(2,3)54)47(30-50(64)57-32-39-17-11-10-16-38(39)28-42(57)33-61)66-53(34)43-29-41(60-49(63)27-24-45(56-60)37-14-8-5-9-15-37)22-25-46(43)58(52(53)65)31-35-18-20-40(21-19-35)59-48(62)26-23-44(55-59)36-12-6-4-7-13-36/h4-22,25,29,34,42,47,51,61H,23-24,26-28,30-33H2,1-3H3/t34-,42+,47+,51-,53+/m1/s1. The maximum absolute atomic E-state index is 17.0. The molecule has 5 heterocycles. The van der Waals surface area contributed by atoms with Crippen LogP contribution in [0.3, 0.4) is 0 Å². The number of halogens is 1. The summed E-state index contributed by atoms with van der Waals surface area (Å²) in [5.41, 5.74) is 5.82. The molecule has 67 heavy (non-hydrogen) atoms. The zero-order chi connectivity index (χ0) is 46.6. The second-order valence-corrected chi connectivity index (χ2v) is 22.6. The van der Waals surface area contributed by atoms with Crippen molar-refractivity contribution in [3.05, 3.63) is 161 Å². The van der Waals surface area contributed by atoms with E-state index in [4.69, 9.17) is 14.9 Å². The number of hydrazone groups is 2. The molecule has 0 unspecified atom stereocenters. The Bertz CT molecular complexity index is 2820. The number of nitrogens with zero attached hydrogens (tertiary/aromatic N) is 6. The average molecular weight is 917 g/mol. The van der Waals surface area contributed by atoms with Crippen molar-refractivity contribution in [1.82, 2.24) is 4.90 Å². The summed E-state index contributed by atoms with van der Waals surface area (Å²) in [5.74, 6) is -1.72. The van der Waals surface area contributed by atoms with Crippen molar-refractivity contribution in [2.75, 3.05) is 21.5 Å². The van der Waals surface area contributed by atoms with Crippen LogP contribution in [0.2, 0.25) is 18.6 Å². The van der Waals surface area contributed by atoms with Crippen LogP contribution in [0.1, 0.15) is 72.4 Å². The predicted molar refractivity (Wildman–Crippen MR) is 258 cm³/mol. The van der Waals surface area contributed by atoms with Gasteiger partial charge in [-0.3, -0.25) is 19.2 Å². The SMILES string of the molecule is C[C@@H]1[C@@H]([Si](C)(C)F)[C@H](CC(=O)N2Cc3ccccc3C[C@H]2CO)O[C@@]12C(=O)N(Cc1ccc(N3N=C(c4ccccc4)CCC3=O)cc1)c1ccc(N3N=C(c4ccccc4)CCC3=O)cc12. The smallest absolute Gasteiger partial charge is 0.264 e. The summed E-state index contributed by atoms with van der Waals surface area (Å²) in [7, 11) is -3.69. The van der Waals surface area contributed by atoms with Crippen LogP contribution < -0.4 is 14.9 Å². The quantitative estimate of drug-likeness (QED) is 0.111. The molecule has 1 N–H and O–H groups in total. The van der Waals surface area contributed by atoms with Gasteiger partial charge in [-0.25, -0.2) is 10.0 Å². The molecule has 0 aliphatic carbocycles. The number of benzene rings is 5. The van der Waals surface area contributed by atoms with Gasteiger partial charge in [-0.15, -0.1) is 0 Å². The molecule has 1 spiro atoms. The number of amides is 4. The zero-order valence-corrected chi connectivity index (χ0v) is 38.8. The maximum atomic E-state index is 17.0. The van der Waals surface area contributed by atoms with Crippen LogP contribution in [0.15, 0.2) is 138 Å². The third-order valence-corrected chi connectivity index (χ3v) is 16.7. The number of carbonyl (C=O) groups excluding carboxylic acids is 4. The van der Waals surface area contributed by atoms with Gasteiger partial charge in [0.05, 0.1) is 60.2 Å². The van der Waals surface area contributed by atoms with Crippen molar-refractivity contribution in [2.24, 2.45) is 16.1 Å². The van der Waals surface area contributed by atoms with E-state index in [1.54, 1.807) is 41.1 Å². The van der Waals surface area contributed by atoms with Crippen LogP contribution in [-0.4, -0.2) is 72.2 Å². The Balaban J connectivity index is 1.01. The molecule has 5 atom stereocenters. The minimum atomic E-state index is -3.69. The topological polar surface area (TPSA) is 135 Å². The number of hydrogen-bond donors (Lipinski definition) is 1. The number of aliphatic hydroxyl groups excluding tert-OH is 1. The van der Waals surface area contributed by atoms with E-state index in [1.807, 2.05) is 116 Å². The first-order chi connectivity index (χ1) is 32.3. The summed E-state index contributed by atoms with van der Waals surface area (Å²) in [6.45, 7) is 5.23. The molecule has 14 heteroatoms. The Morgan fingerprint density at radius 2 is 1.33 bits per heavy atom. The van der Waals surface area contributed by atoms with Crippen molar-refractivity contribution in [1.29, 1.82) is 0 Å². The van der Waals surface area contributed by atoms with Gasteiger partial charge in [0, 0.05) is 49.3 Å². The molecular formula is C53H53FN6O6Si. The predicted octanol–water partition coefficient (Wildman–Crippen LogP) is 8.41. The number of ether oxygens (including phenoxy) is 1. The van der Waals surface area contributed by atoms with E-state index in [2.05, 4.69) is 0 Å². The lowest BCUT2D eigenvalue weighted by Crippen LogP contribution is -2.48. The van der Waals surface area contributed by atoms with Gasteiger partial charge >= 0.3 is 0 Å². The Morgan fingerprint density at radius 1 is 0.761 bits per heavy atom. The van der Waals surface area contributed by atoms with E-state index in [0.29, 0.717) is 54.9 Å². The van der Waals surface area contributed by atoms with E-state index in [0.717, 1.165) is 39.2 Å². The minimum Gasteiger partial charge on any atom is -0.394 e. The van der Waals surface area contributed by atoms with Gasteiger partial charge in [0.1, 0.15) is 0 Å². The van der Waals surface area contributed by atoms with Crippen LogP contribution in [-0.2, 0) is 49.0 Å². The second kappa shape index (κ2) is 17.6. The molecule has 0 radical (unpaired) electrons. The van der Waals surface area contributed by atoms with Crippen molar-refractivity contribution in [2.45, 2.75) is 94.9 Å². The molecule has 5 aromatic carbocycles. The fourth-order valence-corrected chi connectivity index (χ4v) is 13.5. The highest BCUT2D eigenvalue weighted by Gasteiger charge is 2.67. The molecule has 10 rings (SSSR count). The monoisotopic (exact) mass is 916 g/mol. The summed E-state index contributed by atoms with van der Waals surface area (Å²) < 4.78 is 24.1. The molecule has 1 fully saturated rings. The summed E-state index contributed by atoms with van der Waals surface area (Å²) in [5, 5.41) is 22.8. The van der Waals surface area contributed by atoms with E-state index in [9.17, 15) is 19.5 Å². The molecule has 5 aliphatic heterocycles. The first-order valence-electron chi connectivity index (χ1n) is 23.1. The molecule has 4 amide bonds. The highest BCUT2D eigenvalue weighted by molar-refractivity contribution is 6.72. The normalized spacial score (nSPS) is 23.9. The first-order valence-corrected chi connectivity index (χ1v) is 26.1. The van der Waals surface area contributed by atoms with Gasteiger partial charge in [0.2, 0.25) is 26.1 Å². The third-order valence-electron chi connectivity index (χ3n) is 14.3. The second-order valence-electron chi connectivity index (χ2n) is 18.8. The van der Waals surface area contributed by atoms with Crippen LogP contribution in [0, 0.1) is 5.92 Å². The number of carbonyl (C=O) groups is 4. The molecule has 1 saturated heterocycles. The van der Waals surface area contributed by atoms with E-state index < -0.39 is 43.5 Å². The van der Waals surface area contributed by atoms with Crippen molar-refractivity contribution < 1.29 is 33.1 Å². The van der Waals surface area contributed by atoms with Crippen LogP contribution >= 0.6 is 0 Å². The number of hydrogen-bond acceptors (Lipinski definition) is 8. The average Bonchev–Trinajstić information content (AvgIpc) is 3.77. The highest BCUT2D eigenvalue weighted by Crippen LogP contribution is 2.61. The largest absolute Gasteiger partial charge is 0.394 e. The first kappa shape index (κ1) is 44.2. The van der Waals surface area contributed by atoms with Crippen LogP contribution in [0.5, 0.6) is 0 Å². The summed E-state index contributed by atoms with van der Waals surface area (Å²) in [4.78, 5) is 60.2.